The number of hydrogen-bond acceptors (Lipinski definition) is 5. The number of hydrogen-bond donors (Lipinski definition) is 2. The average Bonchev–Trinajstić information content (AvgIpc) is 3.61. The largest absolute Gasteiger partial charge is 0.370 e. The van der Waals surface area contributed by atoms with Gasteiger partial charge in [0.15, 0.2) is 0 Å². The van der Waals surface area contributed by atoms with Crippen molar-refractivity contribution in [2.24, 2.45) is 20.0 Å². The highest BCUT2D eigenvalue weighted by Gasteiger charge is 2.26. The van der Waals surface area contributed by atoms with E-state index in [-0.39, 0.29) is 17.9 Å². The first-order valence-corrected chi connectivity index (χ1v) is 12.2. The summed E-state index contributed by atoms with van der Waals surface area (Å²) in [6.07, 6.45) is 10.5. The zero-order valence-corrected chi connectivity index (χ0v) is 19.8. The normalized spacial score (nSPS) is 18.6. The third-order valence-electron chi connectivity index (χ3n) is 7.03. The highest BCUT2D eigenvalue weighted by molar-refractivity contribution is 6.07. The molecule has 1 aliphatic carbocycles. The quantitative estimate of drug-likeness (QED) is 0.556. The van der Waals surface area contributed by atoms with Crippen LogP contribution in [0.3, 0.4) is 0 Å². The first-order chi connectivity index (χ1) is 16.5. The van der Waals surface area contributed by atoms with Gasteiger partial charge in [-0.15, -0.1) is 0 Å². The third kappa shape index (κ3) is 4.57. The fourth-order valence-electron chi connectivity index (χ4n) is 5.19. The van der Waals surface area contributed by atoms with Crippen molar-refractivity contribution in [3.63, 3.8) is 0 Å². The summed E-state index contributed by atoms with van der Waals surface area (Å²) in [6, 6.07) is 3.61. The highest BCUT2D eigenvalue weighted by atomic mass is 16.5. The monoisotopic (exact) mass is 464 g/mol. The number of nitrogens with one attached hydrogen (secondary N) is 2. The number of rotatable bonds is 7. The number of amides is 2. The van der Waals surface area contributed by atoms with E-state index in [0.29, 0.717) is 42.3 Å². The van der Waals surface area contributed by atoms with Crippen LogP contribution in [0, 0.1) is 5.92 Å². The van der Waals surface area contributed by atoms with Crippen molar-refractivity contribution in [3.05, 3.63) is 41.7 Å². The molecule has 3 aromatic rings. The molecule has 1 aliphatic heterocycles. The van der Waals surface area contributed by atoms with Crippen LogP contribution < -0.4 is 10.6 Å². The van der Waals surface area contributed by atoms with Gasteiger partial charge in [-0.3, -0.25) is 9.59 Å². The summed E-state index contributed by atoms with van der Waals surface area (Å²) in [7, 11) is 3.81. The number of aryl methyl sites for hydroxylation is 2. The Morgan fingerprint density at radius 1 is 1.15 bits per heavy atom. The maximum absolute atomic E-state index is 13.3. The predicted molar refractivity (Wildman–Crippen MR) is 128 cm³/mol. The van der Waals surface area contributed by atoms with Crippen molar-refractivity contribution in [1.29, 1.82) is 0 Å². The molecule has 2 aromatic heterocycles. The first kappa shape index (κ1) is 22.6. The zero-order valence-electron chi connectivity index (χ0n) is 19.8. The van der Waals surface area contributed by atoms with E-state index in [4.69, 9.17) is 9.72 Å². The summed E-state index contributed by atoms with van der Waals surface area (Å²) in [5.41, 5.74) is 2.47. The number of nitrogens with zero attached hydrogens (tertiary/aromatic N) is 4. The number of imidazole rings is 2. The fraction of sp³-hybridized carbons (Fsp3) is 0.520. The Hall–Kier alpha value is -3.20. The lowest BCUT2D eigenvalue weighted by atomic mass is 10.0. The molecule has 2 amide bonds. The molecule has 5 rings (SSSR count). The van der Waals surface area contributed by atoms with Crippen LogP contribution >= 0.6 is 0 Å². The molecule has 9 nitrogen and oxygen atoms in total. The number of benzene rings is 1. The molecule has 0 bridgehead atoms. The van der Waals surface area contributed by atoms with Gasteiger partial charge in [0.1, 0.15) is 17.8 Å². The summed E-state index contributed by atoms with van der Waals surface area (Å²) >= 11 is 0. The van der Waals surface area contributed by atoms with Crippen LogP contribution in [-0.4, -0.2) is 37.5 Å². The van der Waals surface area contributed by atoms with Gasteiger partial charge in [-0.1, -0.05) is 12.8 Å². The Bertz CT molecular complexity index is 1200. The summed E-state index contributed by atoms with van der Waals surface area (Å²) in [5, 5.41) is 5.99. The minimum absolute atomic E-state index is 0.0131. The standard InChI is InChI=1S/C25H32N6O3/c1-30-10-9-26-21(30)15-27-25(33)18-13-17(28-22(32)12-16-6-3-4-7-16)14-19-23(18)31(2)24(29-19)20-8-5-11-34-20/h9-10,13-14,16,20H,3-8,11-12,15H2,1-2H3,(H,27,33)(H,28,32). The van der Waals surface area contributed by atoms with Crippen molar-refractivity contribution in [1.82, 2.24) is 24.4 Å². The van der Waals surface area contributed by atoms with Crippen LogP contribution in [0.15, 0.2) is 24.5 Å². The lowest BCUT2D eigenvalue weighted by Gasteiger charge is -2.13. The molecule has 3 heterocycles. The lowest BCUT2D eigenvalue weighted by Crippen LogP contribution is -2.25. The van der Waals surface area contributed by atoms with Gasteiger partial charge in [-0.25, -0.2) is 9.97 Å². The van der Waals surface area contributed by atoms with Gasteiger partial charge in [-0.2, -0.15) is 0 Å². The first-order valence-electron chi connectivity index (χ1n) is 12.2. The number of ether oxygens (including phenoxy) is 1. The van der Waals surface area contributed by atoms with Crippen LogP contribution in [0.1, 0.15) is 73.1 Å². The highest BCUT2D eigenvalue weighted by Crippen LogP contribution is 2.33. The maximum atomic E-state index is 13.3. The van der Waals surface area contributed by atoms with Gasteiger partial charge in [0, 0.05) is 45.2 Å². The Balaban J connectivity index is 1.45. The minimum atomic E-state index is -0.234. The van der Waals surface area contributed by atoms with Crippen LogP contribution in [0.2, 0.25) is 0 Å². The fourth-order valence-corrected chi connectivity index (χ4v) is 5.19. The Morgan fingerprint density at radius 2 is 1.97 bits per heavy atom. The molecule has 1 aromatic carbocycles. The molecule has 180 valence electrons. The Kier molecular flexibility index (Phi) is 6.36. The SMILES string of the molecule is Cn1ccnc1CNC(=O)c1cc(NC(=O)CC2CCCC2)cc2nc(C3CCCO3)n(C)c12. The smallest absolute Gasteiger partial charge is 0.253 e. The van der Waals surface area contributed by atoms with Gasteiger partial charge >= 0.3 is 0 Å². The number of anilines is 1. The molecule has 1 unspecified atom stereocenters. The Labute approximate surface area is 198 Å². The second kappa shape index (κ2) is 9.58. The van der Waals surface area contributed by atoms with Gasteiger partial charge in [0.2, 0.25) is 5.91 Å². The molecule has 1 saturated carbocycles. The summed E-state index contributed by atoms with van der Waals surface area (Å²) in [6.45, 7) is 1.02. The molecule has 9 heteroatoms. The number of fused-ring (bicyclic) bond motifs is 1. The number of aromatic nitrogens is 4. The van der Waals surface area contributed by atoms with Gasteiger partial charge in [0.25, 0.3) is 5.91 Å². The van der Waals surface area contributed by atoms with Crippen molar-refractivity contribution >= 4 is 28.5 Å². The molecule has 1 atom stereocenters. The second-order valence-electron chi connectivity index (χ2n) is 9.46. The number of carbonyl (C=O) groups excluding carboxylic acids is 2. The molecule has 34 heavy (non-hydrogen) atoms. The molecule has 0 radical (unpaired) electrons. The van der Waals surface area contributed by atoms with E-state index in [2.05, 4.69) is 15.6 Å². The van der Waals surface area contributed by atoms with Crippen molar-refractivity contribution in [2.75, 3.05) is 11.9 Å². The summed E-state index contributed by atoms with van der Waals surface area (Å²) in [4.78, 5) is 35.2. The summed E-state index contributed by atoms with van der Waals surface area (Å²) < 4.78 is 9.68. The van der Waals surface area contributed by atoms with Crippen molar-refractivity contribution < 1.29 is 14.3 Å². The van der Waals surface area contributed by atoms with E-state index in [1.165, 1.54) is 12.8 Å². The van der Waals surface area contributed by atoms with Crippen LogP contribution in [0.5, 0.6) is 0 Å². The lowest BCUT2D eigenvalue weighted by molar-refractivity contribution is -0.117. The summed E-state index contributed by atoms with van der Waals surface area (Å²) in [5.74, 6) is 1.77. The minimum Gasteiger partial charge on any atom is -0.370 e. The van der Waals surface area contributed by atoms with E-state index < -0.39 is 0 Å². The van der Waals surface area contributed by atoms with Crippen molar-refractivity contribution in [2.45, 2.75) is 57.6 Å². The van der Waals surface area contributed by atoms with E-state index in [9.17, 15) is 9.59 Å². The average molecular weight is 465 g/mol. The van der Waals surface area contributed by atoms with E-state index in [1.807, 2.05) is 35.5 Å². The van der Waals surface area contributed by atoms with Gasteiger partial charge < -0.3 is 24.5 Å². The zero-order chi connectivity index (χ0) is 23.7. The van der Waals surface area contributed by atoms with Gasteiger partial charge in [-0.05, 0) is 43.7 Å². The Morgan fingerprint density at radius 3 is 2.68 bits per heavy atom. The second-order valence-corrected chi connectivity index (χ2v) is 9.46. The molecule has 2 aliphatic rings. The molecule has 2 N–H and O–H groups in total. The predicted octanol–water partition coefficient (Wildman–Crippen LogP) is 3.61. The van der Waals surface area contributed by atoms with Crippen LogP contribution in [-0.2, 0) is 30.2 Å². The molecule has 0 spiro atoms. The van der Waals surface area contributed by atoms with Gasteiger partial charge in [0.05, 0.1) is 23.1 Å². The topological polar surface area (TPSA) is 103 Å². The molecular formula is C25H32N6O3. The van der Waals surface area contributed by atoms with E-state index in [0.717, 1.165) is 42.8 Å². The molecule has 1 saturated heterocycles. The van der Waals surface area contributed by atoms with Crippen LogP contribution in [0.4, 0.5) is 5.69 Å². The molecule has 2 fully saturated rings. The van der Waals surface area contributed by atoms with Crippen molar-refractivity contribution in [3.8, 4) is 0 Å². The molecular weight excluding hydrogens is 432 g/mol. The van der Waals surface area contributed by atoms with E-state index >= 15 is 0 Å². The number of carbonyl (C=O) groups is 2. The van der Waals surface area contributed by atoms with Crippen LogP contribution in [0.25, 0.3) is 11.0 Å². The van der Waals surface area contributed by atoms with E-state index in [1.54, 1.807) is 12.3 Å². The third-order valence-corrected chi connectivity index (χ3v) is 7.03. The maximum Gasteiger partial charge on any atom is 0.253 e.